The van der Waals surface area contributed by atoms with Crippen molar-refractivity contribution in [2.45, 2.75) is 33.4 Å². The third-order valence-electron chi connectivity index (χ3n) is 4.10. The van der Waals surface area contributed by atoms with Crippen molar-refractivity contribution in [1.29, 1.82) is 0 Å². The summed E-state index contributed by atoms with van der Waals surface area (Å²) < 4.78 is 10.2. The second-order valence-electron chi connectivity index (χ2n) is 6.52. The minimum atomic E-state index is 0.554. The number of rotatable bonds is 7. The summed E-state index contributed by atoms with van der Waals surface area (Å²) in [4.78, 5) is 0. The van der Waals surface area contributed by atoms with Gasteiger partial charge in [-0.25, -0.2) is 9.13 Å². The van der Waals surface area contributed by atoms with Crippen LogP contribution in [0.3, 0.4) is 0 Å². The highest BCUT2D eigenvalue weighted by Crippen LogP contribution is 2.17. The van der Waals surface area contributed by atoms with E-state index < -0.39 is 0 Å². The van der Waals surface area contributed by atoms with Gasteiger partial charge in [-0.2, -0.15) is 0 Å². The Labute approximate surface area is 143 Å². The van der Waals surface area contributed by atoms with Crippen molar-refractivity contribution in [3.8, 4) is 5.75 Å². The normalized spacial score (nSPS) is 11.3. The fourth-order valence-corrected chi connectivity index (χ4v) is 3.03. The number of aromatic nitrogens is 2. The predicted octanol–water partition coefficient (Wildman–Crippen LogP) is 3.64. The summed E-state index contributed by atoms with van der Waals surface area (Å²) >= 11 is 0. The molecule has 0 spiro atoms. The van der Waals surface area contributed by atoms with E-state index in [0.29, 0.717) is 12.5 Å². The zero-order chi connectivity index (χ0) is 16.9. The number of hydrogen-bond donors (Lipinski definition) is 1. The Kier molecular flexibility index (Phi) is 5.04. The van der Waals surface area contributed by atoms with E-state index in [1.807, 2.05) is 30.3 Å². The first-order valence-corrected chi connectivity index (χ1v) is 8.61. The lowest BCUT2D eigenvalue weighted by atomic mass is 10.2. The van der Waals surface area contributed by atoms with E-state index in [2.05, 4.69) is 47.2 Å². The van der Waals surface area contributed by atoms with E-state index in [9.17, 15) is 0 Å². The number of hydrogen-bond acceptors (Lipinski definition) is 2. The molecule has 1 heterocycles. The molecule has 0 aliphatic carbocycles. The quantitative estimate of drug-likeness (QED) is 0.533. The van der Waals surface area contributed by atoms with Crippen LogP contribution < -0.4 is 15.0 Å². The molecule has 0 aliphatic heterocycles. The lowest BCUT2D eigenvalue weighted by Crippen LogP contribution is -2.39. The fourth-order valence-electron chi connectivity index (χ4n) is 3.03. The topological polar surface area (TPSA) is 44.1 Å². The molecule has 0 unspecified atom stereocenters. The highest BCUT2D eigenvalue weighted by molar-refractivity contribution is 5.73. The molecule has 1 aromatic heterocycles. The molecule has 0 amide bonds. The first-order chi connectivity index (χ1) is 11.7. The van der Waals surface area contributed by atoms with E-state index in [1.54, 1.807) is 0 Å². The van der Waals surface area contributed by atoms with Gasteiger partial charge >= 0.3 is 5.95 Å². The Morgan fingerprint density at radius 1 is 1.04 bits per heavy atom. The molecule has 0 bridgehead atoms. The van der Waals surface area contributed by atoms with Crippen molar-refractivity contribution < 1.29 is 9.30 Å². The highest BCUT2D eigenvalue weighted by Gasteiger charge is 2.20. The minimum Gasteiger partial charge on any atom is -0.493 e. The third-order valence-corrected chi connectivity index (χ3v) is 4.10. The number of anilines is 1. The van der Waals surface area contributed by atoms with Crippen LogP contribution in [0.1, 0.15) is 20.3 Å². The number of benzene rings is 2. The Morgan fingerprint density at radius 3 is 2.50 bits per heavy atom. The molecule has 0 fully saturated rings. The number of nitrogens with two attached hydrogens (primary N) is 1. The van der Waals surface area contributed by atoms with E-state index >= 15 is 0 Å². The average Bonchev–Trinajstić information content (AvgIpc) is 2.85. The molecule has 4 nitrogen and oxygen atoms in total. The molecule has 3 aromatic rings. The molecular formula is C20H26N3O+. The van der Waals surface area contributed by atoms with Crippen molar-refractivity contribution in [3.05, 3.63) is 54.6 Å². The maximum atomic E-state index is 6.44. The molecule has 0 atom stereocenters. The lowest BCUT2D eigenvalue weighted by Gasteiger charge is -2.06. The van der Waals surface area contributed by atoms with Crippen LogP contribution in [0.2, 0.25) is 0 Å². The van der Waals surface area contributed by atoms with Crippen molar-refractivity contribution in [3.63, 3.8) is 0 Å². The number of nitrogens with zero attached hydrogens (tertiary/aromatic N) is 2. The molecule has 2 aromatic carbocycles. The maximum absolute atomic E-state index is 6.44. The molecule has 4 heteroatoms. The third kappa shape index (κ3) is 3.53. The molecule has 0 radical (unpaired) electrons. The van der Waals surface area contributed by atoms with Crippen molar-refractivity contribution >= 4 is 17.0 Å². The number of ether oxygens (including phenoxy) is 1. The second kappa shape index (κ2) is 7.39. The van der Waals surface area contributed by atoms with Gasteiger partial charge < -0.3 is 4.74 Å². The van der Waals surface area contributed by atoms with Gasteiger partial charge in [0, 0.05) is 6.42 Å². The number of aryl methyl sites for hydroxylation is 1. The summed E-state index contributed by atoms with van der Waals surface area (Å²) in [6, 6.07) is 18.4. The zero-order valence-corrected chi connectivity index (χ0v) is 14.5. The van der Waals surface area contributed by atoms with Crippen molar-refractivity contribution in [2.75, 3.05) is 12.3 Å². The number of fused-ring (bicyclic) bond motifs is 1. The lowest BCUT2D eigenvalue weighted by molar-refractivity contribution is -0.663. The van der Waals surface area contributed by atoms with E-state index in [1.165, 1.54) is 11.0 Å². The number of para-hydroxylation sites is 3. The van der Waals surface area contributed by atoms with Crippen LogP contribution in [0, 0.1) is 5.92 Å². The van der Waals surface area contributed by atoms with Crippen LogP contribution in [0.25, 0.3) is 11.0 Å². The van der Waals surface area contributed by atoms with Crippen LogP contribution in [0.4, 0.5) is 5.95 Å². The van der Waals surface area contributed by atoms with E-state index in [0.717, 1.165) is 31.2 Å². The predicted molar refractivity (Wildman–Crippen MR) is 97.9 cm³/mol. The summed E-state index contributed by atoms with van der Waals surface area (Å²) in [6.07, 6.45) is 0.916. The Balaban J connectivity index is 1.73. The first kappa shape index (κ1) is 16.4. The van der Waals surface area contributed by atoms with Crippen LogP contribution in [-0.2, 0) is 13.1 Å². The molecule has 24 heavy (non-hydrogen) atoms. The van der Waals surface area contributed by atoms with E-state index in [-0.39, 0.29) is 0 Å². The smallest absolute Gasteiger partial charge is 0.356 e. The average molecular weight is 324 g/mol. The maximum Gasteiger partial charge on any atom is 0.356 e. The van der Waals surface area contributed by atoms with Gasteiger partial charge in [0.1, 0.15) is 16.8 Å². The molecule has 126 valence electrons. The largest absolute Gasteiger partial charge is 0.493 e. The molecule has 0 saturated heterocycles. The molecule has 0 saturated carbocycles. The Morgan fingerprint density at radius 2 is 1.75 bits per heavy atom. The molecule has 3 rings (SSSR count). The number of nitrogen functional groups attached to an aromatic ring is 1. The van der Waals surface area contributed by atoms with Crippen LogP contribution in [-0.4, -0.2) is 11.2 Å². The van der Waals surface area contributed by atoms with Crippen LogP contribution >= 0.6 is 0 Å². The summed E-state index contributed by atoms with van der Waals surface area (Å²) in [6.45, 7) is 6.89. The number of imidazole rings is 1. The summed E-state index contributed by atoms with van der Waals surface area (Å²) in [5.74, 6) is 2.29. The summed E-state index contributed by atoms with van der Waals surface area (Å²) in [5, 5.41) is 0. The molecule has 2 N–H and O–H groups in total. The summed E-state index contributed by atoms with van der Waals surface area (Å²) in [5.41, 5.74) is 8.83. The van der Waals surface area contributed by atoms with Gasteiger partial charge in [0.05, 0.1) is 19.7 Å². The summed E-state index contributed by atoms with van der Waals surface area (Å²) in [7, 11) is 0. The van der Waals surface area contributed by atoms with Gasteiger partial charge in [-0.1, -0.05) is 44.2 Å². The zero-order valence-electron chi connectivity index (χ0n) is 14.5. The standard InChI is InChI=1S/C20H25N3O/c1-16(2)15-23-19-12-7-6-11-18(19)22(20(23)21)13-8-14-24-17-9-4-3-5-10-17/h3-7,9-12,16,21H,8,13-15H2,1-2H3/p+1. The second-order valence-corrected chi connectivity index (χ2v) is 6.52. The molecular weight excluding hydrogens is 298 g/mol. The first-order valence-electron chi connectivity index (χ1n) is 8.61. The van der Waals surface area contributed by atoms with Crippen LogP contribution in [0.15, 0.2) is 54.6 Å². The molecule has 0 aliphatic rings. The minimum absolute atomic E-state index is 0.554. The van der Waals surface area contributed by atoms with Crippen molar-refractivity contribution in [1.82, 2.24) is 4.57 Å². The van der Waals surface area contributed by atoms with Gasteiger partial charge in [-0.15, -0.1) is 0 Å². The fraction of sp³-hybridized carbons (Fsp3) is 0.350. The Bertz CT molecular complexity index is 793. The Hall–Kier alpha value is -2.49. The van der Waals surface area contributed by atoms with Crippen molar-refractivity contribution in [2.24, 2.45) is 5.92 Å². The van der Waals surface area contributed by atoms with Gasteiger partial charge in [0.2, 0.25) is 0 Å². The van der Waals surface area contributed by atoms with Gasteiger partial charge in [0.25, 0.3) is 0 Å². The SMILES string of the molecule is CC(C)C[n+]1c(N)n(CCCOc2ccccc2)c2ccccc21. The van der Waals surface area contributed by atoms with Gasteiger partial charge in [-0.3, -0.25) is 5.73 Å². The van der Waals surface area contributed by atoms with Gasteiger partial charge in [0.15, 0.2) is 0 Å². The monoisotopic (exact) mass is 324 g/mol. The van der Waals surface area contributed by atoms with Gasteiger partial charge in [-0.05, 0) is 30.2 Å². The highest BCUT2D eigenvalue weighted by atomic mass is 16.5. The van der Waals surface area contributed by atoms with E-state index in [4.69, 9.17) is 10.5 Å². The van der Waals surface area contributed by atoms with Crippen LogP contribution in [0.5, 0.6) is 5.75 Å².